The molecule has 1 aromatic rings. The molecular formula is C26H43N5O4S. The highest BCUT2D eigenvalue weighted by Crippen LogP contribution is 2.57. The number of hydrogen-bond acceptors (Lipinski definition) is 8. The minimum Gasteiger partial charge on any atom is -0.392 e. The van der Waals surface area contributed by atoms with Gasteiger partial charge in [0.05, 0.1) is 31.6 Å². The minimum atomic E-state index is -0.569. The summed E-state index contributed by atoms with van der Waals surface area (Å²) in [5.41, 5.74) is 0.941. The lowest BCUT2D eigenvalue weighted by Crippen LogP contribution is -2.53. The smallest absolute Gasteiger partial charge is 0.240 e. The first-order chi connectivity index (χ1) is 17.1. The van der Waals surface area contributed by atoms with Crippen LogP contribution in [0.3, 0.4) is 0 Å². The zero-order chi connectivity index (χ0) is 26.0. The van der Waals surface area contributed by atoms with Crippen molar-refractivity contribution in [2.45, 2.75) is 52.1 Å². The molecule has 202 valence electrons. The molecule has 3 aliphatic rings. The number of hydrogen-bond donors (Lipinski definition) is 3. The van der Waals surface area contributed by atoms with Gasteiger partial charge in [0, 0.05) is 42.9 Å². The molecular weight excluding hydrogens is 478 g/mol. The van der Waals surface area contributed by atoms with Crippen LogP contribution in [-0.4, -0.2) is 97.8 Å². The Kier molecular flexibility index (Phi) is 8.71. The fraction of sp³-hybridized carbons (Fsp3) is 0.808. The highest BCUT2D eigenvalue weighted by atomic mass is 32.1. The number of aliphatic hydroxyl groups excluding tert-OH is 1. The van der Waals surface area contributed by atoms with E-state index in [0.717, 1.165) is 57.8 Å². The van der Waals surface area contributed by atoms with Crippen molar-refractivity contribution in [1.29, 1.82) is 0 Å². The van der Waals surface area contributed by atoms with Crippen molar-refractivity contribution >= 4 is 28.3 Å². The van der Waals surface area contributed by atoms with Gasteiger partial charge in [-0.3, -0.25) is 14.5 Å². The number of nitrogens with zero attached hydrogens (tertiary/aromatic N) is 3. The molecule has 2 aliphatic carbocycles. The van der Waals surface area contributed by atoms with Crippen LogP contribution in [0.1, 0.15) is 50.1 Å². The van der Waals surface area contributed by atoms with Crippen molar-refractivity contribution in [3.8, 4) is 0 Å². The third-order valence-electron chi connectivity index (χ3n) is 8.52. The third-order valence-corrected chi connectivity index (χ3v) is 9.50. The zero-order valence-electron chi connectivity index (χ0n) is 22.4. The molecule has 3 N–H and O–H groups in total. The number of carbonyl (C=O) groups is 2. The van der Waals surface area contributed by atoms with Gasteiger partial charge in [-0.15, -0.1) is 11.3 Å². The Morgan fingerprint density at radius 2 is 2.06 bits per heavy atom. The first kappa shape index (κ1) is 27.4. The van der Waals surface area contributed by atoms with E-state index in [-0.39, 0.29) is 40.9 Å². The average Bonchev–Trinajstić information content (AvgIpc) is 3.20. The second-order valence-corrected chi connectivity index (χ2v) is 12.6. The Bertz CT molecular complexity index is 933. The molecule has 2 amide bonds. The van der Waals surface area contributed by atoms with Crippen molar-refractivity contribution in [3.63, 3.8) is 0 Å². The molecule has 6 unspecified atom stereocenters. The van der Waals surface area contributed by atoms with Crippen LogP contribution in [0.2, 0.25) is 0 Å². The molecule has 36 heavy (non-hydrogen) atoms. The Morgan fingerprint density at radius 3 is 2.75 bits per heavy atom. The predicted molar refractivity (Wildman–Crippen MR) is 141 cm³/mol. The normalized spacial score (nSPS) is 31.4. The van der Waals surface area contributed by atoms with Crippen LogP contribution < -0.4 is 10.6 Å². The van der Waals surface area contributed by atoms with Crippen LogP contribution in [0.15, 0.2) is 0 Å². The number of aliphatic hydroxyl groups is 1. The number of likely N-dealkylation sites (N-methyl/N-ethyl adjacent to an activating group) is 1. The van der Waals surface area contributed by atoms with E-state index in [0.29, 0.717) is 18.2 Å². The second kappa shape index (κ2) is 11.4. The molecule has 1 saturated heterocycles. The number of thiazole rings is 1. The van der Waals surface area contributed by atoms with Gasteiger partial charge in [-0.2, -0.15) is 0 Å². The van der Waals surface area contributed by atoms with E-state index >= 15 is 0 Å². The summed E-state index contributed by atoms with van der Waals surface area (Å²) in [7, 11) is 3.73. The Labute approximate surface area is 219 Å². The van der Waals surface area contributed by atoms with Crippen LogP contribution in [0.25, 0.3) is 0 Å². The Balaban J connectivity index is 1.39. The van der Waals surface area contributed by atoms with E-state index in [1.807, 2.05) is 25.9 Å². The van der Waals surface area contributed by atoms with E-state index in [9.17, 15) is 14.7 Å². The third kappa shape index (κ3) is 5.93. The quantitative estimate of drug-likeness (QED) is 0.479. The summed E-state index contributed by atoms with van der Waals surface area (Å²) < 4.78 is 5.39. The maximum atomic E-state index is 13.0. The molecule has 2 fully saturated rings. The van der Waals surface area contributed by atoms with E-state index in [1.54, 1.807) is 11.3 Å². The van der Waals surface area contributed by atoms with Gasteiger partial charge in [-0.05, 0) is 50.6 Å². The van der Waals surface area contributed by atoms with Gasteiger partial charge in [-0.25, -0.2) is 4.98 Å². The van der Waals surface area contributed by atoms with Crippen LogP contribution >= 0.6 is 11.3 Å². The summed E-state index contributed by atoms with van der Waals surface area (Å²) >= 11 is 1.56. The maximum absolute atomic E-state index is 13.0. The molecule has 1 saturated carbocycles. The van der Waals surface area contributed by atoms with Crippen molar-refractivity contribution < 1.29 is 19.4 Å². The number of fused-ring (bicyclic) bond motifs is 2. The highest BCUT2D eigenvalue weighted by Gasteiger charge is 2.53. The van der Waals surface area contributed by atoms with E-state index in [1.165, 1.54) is 4.88 Å². The summed E-state index contributed by atoms with van der Waals surface area (Å²) in [6.45, 7) is 11.4. The van der Waals surface area contributed by atoms with Crippen LogP contribution in [0, 0.1) is 23.2 Å². The largest absolute Gasteiger partial charge is 0.392 e. The summed E-state index contributed by atoms with van der Waals surface area (Å²) in [4.78, 5) is 35.4. The number of ether oxygens (including phenoxy) is 1. The first-order valence-corrected chi connectivity index (χ1v) is 14.1. The van der Waals surface area contributed by atoms with Gasteiger partial charge >= 0.3 is 0 Å². The Morgan fingerprint density at radius 1 is 1.33 bits per heavy atom. The standard InChI is InChI=1S/C26H43N5O4S/c1-16(24(34)27-8-9-31-10-12-35-13-11-31)18-6-7-26(3)14-19-22(17(2)21(26)23(18)33)29-25(36-19)28-20(32)15-30(4)5/h16-18,21,23,33H,6-15H2,1-5H3,(H,27,34)(H,28,29,32). The molecule has 9 nitrogen and oxygen atoms in total. The van der Waals surface area contributed by atoms with Crippen molar-refractivity contribution in [1.82, 2.24) is 20.1 Å². The van der Waals surface area contributed by atoms with Crippen LogP contribution in [-0.2, 0) is 20.7 Å². The summed E-state index contributed by atoms with van der Waals surface area (Å²) in [5.74, 6) is -0.285. The van der Waals surface area contributed by atoms with Gasteiger partial charge in [0.1, 0.15) is 0 Å². The summed E-state index contributed by atoms with van der Waals surface area (Å²) in [6, 6.07) is 0. The number of morpholine rings is 1. The number of rotatable bonds is 8. The molecule has 1 aromatic heterocycles. The van der Waals surface area contributed by atoms with Gasteiger partial charge < -0.3 is 25.4 Å². The van der Waals surface area contributed by atoms with Gasteiger partial charge in [0.25, 0.3) is 0 Å². The van der Waals surface area contributed by atoms with Crippen molar-refractivity contribution in [3.05, 3.63) is 10.6 Å². The second-order valence-electron chi connectivity index (χ2n) is 11.5. The molecule has 0 aromatic carbocycles. The molecule has 0 spiro atoms. The molecule has 6 atom stereocenters. The lowest BCUT2D eigenvalue weighted by atomic mass is 9.53. The van der Waals surface area contributed by atoms with Crippen molar-refractivity contribution in [2.75, 3.05) is 65.3 Å². The van der Waals surface area contributed by atoms with Gasteiger partial charge in [0.2, 0.25) is 11.8 Å². The molecule has 2 heterocycles. The molecule has 1 aliphatic heterocycles. The SMILES string of the molecule is CC(C(=O)NCCN1CCOCC1)C1CCC2(C)Cc3sc(NC(=O)CN(C)C)nc3C(C)C2C1O. The highest BCUT2D eigenvalue weighted by molar-refractivity contribution is 7.15. The average molecular weight is 522 g/mol. The lowest BCUT2D eigenvalue weighted by molar-refractivity contribution is -0.134. The van der Waals surface area contributed by atoms with Gasteiger partial charge in [-0.1, -0.05) is 20.8 Å². The van der Waals surface area contributed by atoms with E-state index in [2.05, 4.69) is 29.4 Å². The number of amides is 2. The summed E-state index contributed by atoms with van der Waals surface area (Å²) in [5, 5.41) is 18.3. The number of carbonyl (C=O) groups excluding carboxylic acids is 2. The molecule has 4 rings (SSSR count). The van der Waals surface area contributed by atoms with Crippen LogP contribution in [0.5, 0.6) is 0 Å². The molecule has 10 heteroatoms. The maximum Gasteiger partial charge on any atom is 0.240 e. The van der Waals surface area contributed by atoms with E-state index in [4.69, 9.17) is 9.72 Å². The van der Waals surface area contributed by atoms with E-state index < -0.39 is 6.10 Å². The summed E-state index contributed by atoms with van der Waals surface area (Å²) in [6.07, 6.45) is 2.08. The number of anilines is 1. The fourth-order valence-electron chi connectivity index (χ4n) is 6.56. The topological polar surface area (TPSA) is 107 Å². The predicted octanol–water partition coefficient (Wildman–Crippen LogP) is 1.78. The van der Waals surface area contributed by atoms with Crippen LogP contribution in [0.4, 0.5) is 5.13 Å². The Hall–Kier alpha value is -1.59. The zero-order valence-corrected chi connectivity index (χ0v) is 23.2. The monoisotopic (exact) mass is 521 g/mol. The molecule has 0 radical (unpaired) electrons. The first-order valence-electron chi connectivity index (χ1n) is 13.3. The number of nitrogens with one attached hydrogen (secondary N) is 2. The fourth-order valence-corrected chi connectivity index (χ4v) is 7.84. The van der Waals surface area contributed by atoms with Gasteiger partial charge in [0.15, 0.2) is 5.13 Å². The van der Waals surface area contributed by atoms with Crippen molar-refractivity contribution in [2.24, 2.45) is 23.2 Å². The number of aromatic nitrogens is 1. The molecule has 0 bridgehead atoms. The lowest BCUT2D eigenvalue weighted by Gasteiger charge is -2.53. The minimum absolute atomic E-state index is 0.0274.